The average Bonchev–Trinajstić information content (AvgIpc) is 3.26. The molecule has 22 heavy (non-hydrogen) atoms. The third kappa shape index (κ3) is 3.42. The highest BCUT2D eigenvalue weighted by atomic mass is 35.5. The van der Waals surface area contributed by atoms with Gasteiger partial charge in [-0.3, -0.25) is 4.79 Å². The molecule has 0 aromatic heterocycles. The lowest BCUT2D eigenvalue weighted by molar-refractivity contribution is -0.135. The summed E-state index contributed by atoms with van der Waals surface area (Å²) in [4.78, 5) is 14.0. The SMILES string of the molecule is Cl.NC1(C(=O)N2CCC(C(O)c3ccc(F)cc3)CC2)CC1. The second-order valence-electron chi connectivity index (χ2n) is 6.28. The highest BCUT2D eigenvalue weighted by Gasteiger charge is 2.48. The summed E-state index contributed by atoms with van der Waals surface area (Å²) >= 11 is 0. The number of piperidine rings is 1. The fraction of sp³-hybridized carbons (Fsp3) is 0.562. The van der Waals surface area contributed by atoms with Gasteiger partial charge in [-0.15, -0.1) is 12.4 Å². The molecule has 0 radical (unpaired) electrons. The largest absolute Gasteiger partial charge is 0.388 e. The second-order valence-corrected chi connectivity index (χ2v) is 6.28. The molecule has 1 heterocycles. The van der Waals surface area contributed by atoms with Crippen molar-refractivity contribution in [2.24, 2.45) is 11.7 Å². The van der Waals surface area contributed by atoms with Crippen LogP contribution < -0.4 is 5.73 Å². The lowest BCUT2D eigenvalue weighted by Gasteiger charge is -2.35. The average molecular weight is 329 g/mol. The van der Waals surface area contributed by atoms with E-state index in [-0.39, 0.29) is 30.0 Å². The Bertz CT molecular complexity index is 525. The molecule has 1 aliphatic heterocycles. The molecule has 1 unspecified atom stereocenters. The van der Waals surface area contributed by atoms with Gasteiger partial charge in [0.1, 0.15) is 5.82 Å². The van der Waals surface area contributed by atoms with Crippen LogP contribution in [0, 0.1) is 11.7 Å². The van der Waals surface area contributed by atoms with E-state index in [1.807, 2.05) is 4.90 Å². The molecule has 2 fully saturated rings. The number of benzene rings is 1. The number of likely N-dealkylation sites (tertiary alicyclic amines) is 1. The highest BCUT2D eigenvalue weighted by Crippen LogP contribution is 2.36. The van der Waals surface area contributed by atoms with Gasteiger partial charge in [0.2, 0.25) is 5.91 Å². The predicted octanol–water partition coefficient (Wildman–Crippen LogP) is 2.01. The number of amides is 1. The van der Waals surface area contributed by atoms with Gasteiger partial charge in [0.25, 0.3) is 0 Å². The Morgan fingerprint density at radius 1 is 1.27 bits per heavy atom. The molecule has 1 saturated carbocycles. The van der Waals surface area contributed by atoms with Crippen molar-refractivity contribution in [3.8, 4) is 0 Å². The summed E-state index contributed by atoms with van der Waals surface area (Å²) in [5, 5.41) is 10.4. The molecule has 0 bridgehead atoms. The number of hydrogen-bond donors (Lipinski definition) is 2. The van der Waals surface area contributed by atoms with E-state index in [0.717, 1.165) is 31.2 Å². The summed E-state index contributed by atoms with van der Waals surface area (Å²) in [5.41, 5.74) is 6.07. The Morgan fingerprint density at radius 3 is 2.32 bits per heavy atom. The van der Waals surface area contributed by atoms with Crippen molar-refractivity contribution in [2.45, 2.75) is 37.3 Å². The van der Waals surface area contributed by atoms with Crippen LogP contribution in [0.25, 0.3) is 0 Å². The normalized spacial score (nSPS) is 21.9. The molecule has 1 aliphatic carbocycles. The van der Waals surface area contributed by atoms with Crippen LogP contribution in [0.3, 0.4) is 0 Å². The standard InChI is InChI=1S/C16H21FN2O2.ClH/c17-13-3-1-11(2-4-13)14(20)12-5-9-19(10-6-12)15(21)16(18)7-8-16;/h1-4,12,14,20H,5-10,18H2;1H. The van der Waals surface area contributed by atoms with Crippen LogP contribution in [-0.2, 0) is 4.79 Å². The third-order valence-electron chi connectivity index (χ3n) is 4.70. The highest BCUT2D eigenvalue weighted by molar-refractivity contribution is 5.89. The van der Waals surface area contributed by atoms with E-state index in [2.05, 4.69) is 0 Å². The first kappa shape index (κ1) is 17.2. The van der Waals surface area contributed by atoms with Crippen LogP contribution in [0.15, 0.2) is 24.3 Å². The van der Waals surface area contributed by atoms with Crippen molar-refractivity contribution in [3.05, 3.63) is 35.6 Å². The molecule has 1 amide bonds. The summed E-state index contributed by atoms with van der Waals surface area (Å²) in [6, 6.07) is 5.97. The topological polar surface area (TPSA) is 66.6 Å². The summed E-state index contributed by atoms with van der Waals surface area (Å²) in [5.74, 6) is -0.145. The van der Waals surface area contributed by atoms with Gasteiger partial charge in [-0.1, -0.05) is 12.1 Å². The minimum Gasteiger partial charge on any atom is -0.388 e. The number of rotatable bonds is 3. The van der Waals surface area contributed by atoms with E-state index in [1.54, 1.807) is 12.1 Å². The van der Waals surface area contributed by atoms with Crippen molar-refractivity contribution >= 4 is 18.3 Å². The zero-order valence-electron chi connectivity index (χ0n) is 12.4. The van der Waals surface area contributed by atoms with Crippen LogP contribution in [-0.4, -0.2) is 34.5 Å². The molecule has 1 aromatic carbocycles. The summed E-state index contributed by atoms with van der Waals surface area (Å²) in [6.07, 6.45) is 2.46. The van der Waals surface area contributed by atoms with Crippen molar-refractivity contribution in [1.29, 1.82) is 0 Å². The fourth-order valence-corrected chi connectivity index (χ4v) is 3.01. The van der Waals surface area contributed by atoms with E-state index in [0.29, 0.717) is 13.1 Å². The number of nitrogens with zero attached hydrogens (tertiary/aromatic N) is 1. The lowest BCUT2D eigenvalue weighted by atomic mass is 9.87. The number of halogens is 2. The zero-order valence-corrected chi connectivity index (χ0v) is 13.2. The number of carbonyl (C=O) groups is 1. The maximum absolute atomic E-state index is 12.9. The first-order valence-electron chi connectivity index (χ1n) is 7.51. The second kappa shape index (κ2) is 6.52. The number of hydrogen-bond acceptors (Lipinski definition) is 3. The molecule has 1 aromatic rings. The molecule has 0 spiro atoms. The van der Waals surface area contributed by atoms with Gasteiger partial charge in [0.15, 0.2) is 0 Å². The molecule has 6 heteroatoms. The van der Waals surface area contributed by atoms with Gasteiger partial charge >= 0.3 is 0 Å². The summed E-state index contributed by atoms with van der Waals surface area (Å²) < 4.78 is 12.9. The Labute approximate surface area is 135 Å². The molecule has 4 nitrogen and oxygen atoms in total. The Morgan fingerprint density at radius 2 is 1.82 bits per heavy atom. The molecular formula is C16H22ClFN2O2. The van der Waals surface area contributed by atoms with E-state index >= 15 is 0 Å². The van der Waals surface area contributed by atoms with E-state index in [1.165, 1.54) is 12.1 Å². The smallest absolute Gasteiger partial charge is 0.242 e. The maximum Gasteiger partial charge on any atom is 0.242 e. The van der Waals surface area contributed by atoms with Crippen LogP contribution in [0.2, 0.25) is 0 Å². The molecule has 1 saturated heterocycles. The van der Waals surface area contributed by atoms with Gasteiger partial charge < -0.3 is 15.7 Å². The van der Waals surface area contributed by atoms with Crippen LogP contribution >= 0.6 is 12.4 Å². The number of aliphatic hydroxyl groups excluding tert-OH is 1. The third-order valence-corrected chi connectivity index (χ3v) is 4.70. The molecule has 122 valence electrons. The quantitative estimate of drug-likeness (QED) is 0.892. The Kier molecular flexibility index (Phi) is 5.10. The summed E-state index contributed by atoms with van der Waals surface area (Å²) in [6.45, 7) is 1.28. The van der Waals surface area contributed by atoms with Crippen molar-refractivity contribution < 1.29 is 14.3 Å². The minimum absolute atomic E-state index is 0. The van der Waals surface area contributed by atoms with Gasteiger partial charge in [0, 0.05) is 13.1 Å². The van der Waals surface area contributed by atoms with Gasteiger partial charge in [-0.25, -0.2) is 4.39 Å². The van der Waals surface area contributed by atoms with Gasteiger partial charge in [0.05, 0.1) is 11.6 Å². The maximum atomic E-state index is 12.9. The number of nitrogens with two attached hydrogens (primary N) is 1. The first-order chi connectivity index (χ1) is 9.99. The summed E-state index contributed by atoms with van der Waals surface area (Å²) in [7, 11) is 0. The van der Waals surface area contributed by atoms with Crippen molar-refractivity contribution in [3.63, 3.8) is 0 Å². The lowest BCUT2D eigenvalue weighted by Crippen LogP contribution is -2.49. The molecule has 2 aliphatic rings. The van der Waals surface area contributed by atoms with Crippen LogP contribution in [0.4, 0.5) is 4.39 Å². The van der Waals surface area contributed by atoms with Gasteiger partial charge in [-0.05, 0) is 49.3 Å². The zero-order chi connectivity index (χ0) is 15.0. The van der Waals surface area contributed by atoms with E-state index < -0.39 is 11.6 Å². The first-order valence-corrected chi connectivity index (χ1v) is 7.51. The molecular weight excluding hydrogens is 307 g/mol. The Balaban J connectivity index is 0.00000176. The van der Waals surface area contributed by atoms with E-state index in [4.69, 9.17) is 5.73 Å². The van der Waals surface area contributed by atoms with E-state index in [9.17, 15) is 14.3 Å². The number of carbonyl (C=O) groups excluding carboxylic acids is 1. The minimum atomic E-state index is -0.609. The van der Waals surface area contributed by atoms with Crippen molar-refractivity contribution in [2.75, 3.05) is 13.1 Å². The van der Waals surface area contributed by atoms with Crippen LogP contribution in [0.1, 0.15) is 37.4 Å². The van der Waals surface area contributed by atoms with Crippen molar-refractivity contribution in [1.82, 2.24) is 4.90 Å². The molecule has 1 atom stereocenters. The predicted molar refractivity (Wildman–Crippen MR) is 84.1 cm³/mol. The van der Waals surface area contributed by atoms with Gasteiger partial charge in [-0.2, -0.15) is 0 Å². The molecule has 3 N–H and O–H groups in total. The fourth-order valence-electron chi connectivity index (χ4n) is 3.01. The Hall–Kier alpha value is -1.17. The number of aliphatic hydroxyl groups is 1. The monoisotopic (exact) mass is 328 g/mol. The molecule has 3 rings (SSSR count). The van der Waals surface area contributed by atoms with Crippen LogP contribution in [0.5, 0.6) is 0 Å².